The van der Waals surface area contributed by atoms with Gasteiger partial charge in [0.15, 0.2) is 0 Å². The zero-order valence-electron chi connectivity index (χ0n) is 10.3. The van der Waals surface area contributed by atoms with Crippen molar-refractivity contribution in [1.29, 1.82) is 5.26 Å². The molecule has 0 aliphatic rings. The first kappa shape index (κ1) is 13.0. The topological polar surface area (TPSA) is 62.1 Å². The van der Waals surface area contributed by atoms with Crippen LogP contribution in [0.1, 0.15) is 29.3 Å². The van der Waals surface area contributed by atoms with Crippen LogP contribution < -0.4 is 10.1 Å². The van der Waals surface area contributed by atoms with Crippen LogP contribution in [0.3, 0.4) is 0 Å². The Morgan fingerprint density at radius 3 is 2.82 bits per heavy atom. The van der Waals surface area contributed by atoms with E-state index in [2.05, 4.69) is 5.32 Å². The van der Waals surface area contributed by atoms with Crippen molar-refractivity contribution in [2.45, 2.75) is 26.3 Å². The summed E-state index contributed by atoms with van der Waals surface area (Å²) in [5.41, 5.74) is 1.47. The van der Waals surface area contributed by atoms with E-state index in [9.17, 15) is 4.79 Å². The molecular weight excluding hydrogens is 216 g/mol. The zero-order chi connectivity index (χ0) is 12.8. The smallest absolute Gasteiger partial charge is 0.252 e. The van der Waals surface area contributed by atoms with Gasteiger partial charge in [-0.15, -0.1) is 0 Å². The first-order valence-electron chi connectivity index (χ1n) is 5.47. The summed E-state index contributed by atoms with van der Waals surface area (Å²) in [4.78, 5) is 11.8. The Hall–Kier alpha value is -2.02. The van der Waals surface area contributed by atoms with E-state index in [0.29, 0.717) is 17.7 Å². The molecule has 0 aliphatic heterocycles. The summed E-state index contributed by atoms with van der Waals surface area (Å²) >= 11 is 0. The van der Waals surface area contributed by atoms with Gasteiger partial charge in [0.25, 0.3) is 5.91 Å². The molecule has 0 saturated heterocycles. The fourth-order valence-electron chi connectivity index (χ4n) is 1.43. The Bertz CT molecular complexity index is 449. The van der Waals surface area contributed by atoms with Crippen molar-refractivity contribution >= 4 is 5.91 Å². The molecular formula is C13H16N2O2. The predicted molar refractivity (Wildman–Crippen MR) is 64.9 cm³/mol. The molecule has 0 spiro atoms. The van der Waals surface area contributed by atoms with Crippen LogP contribution in [0.2, 0.25) is 0 Å². The highest BCUT2D eigenvalue weighted by molar-refractivity contribution is 5.95. The average Bonchev–Trinajstić information content (AvgIpc) is 2.36. The van der Waals surface area contributed by atoms with Crippen LogP contribution in [0.5, 0.6) is 5.75 Å². The average molecular weight is 232 g/mol. The molecule has 0 saturated carbocycles. The van der Waals surface area contributed by atoms with Crippen molar-refractivity contribution in [2.24, 2.45) is 0 Å². The third kappa shape index (κ3) is 3.22. The van der Waals surface area contributed by atoms with Gasteiger partial charge in [0.05, 0.1) is 13.2 Å². The number of nitriles is 1. The van der Waals surface area contributed by atoms with E-state index in [1.807, 2.05) is 26.0 Å². The summed E-state index contributed by atoms with van der Waals surface area (Å²) in [6, 6.07) is 6.80. The number of amides is 1. The second kappa shape index (κ2) is 5.90. The Balaban J connectivity index is 2.86. The van der Waals surface area contributed by atoms with E-state index in [4.69, 9.17) is 10.00 Å². The molecule has 1 aromatic rings. The SMILES string of the molecule is CCC(C#N)NC(=O)c1ccc(C)c(OC)c1. The minimum absolute atomic E-state index is 0.253. The molecule has 17 heavy (non-hydrogen) atoms. The summed E-state index contributed by atoms with van der Waals surface area (Å²) in [5.74, 6) is 0.416. The van der Waals surface area contributed by atoms with Crippen LogP contribution in [-0.4, -0.2) is 19.1 Å². The Morgan fingerprint density at radius 1 is 1.59 bits per heavy atom. The molecule has 0 aliphatic carbocycles. The Labute approximate surface area is 101 Å². The van der Waals surface area contributed by atoms with Gasteiger partial charge in [-0.2, -0.15) is 5.26 Å². The van der Waals surface area contributed by atoms with Crippen LogP contribution >= 0.6 is 0 Å². The number of methoxy groups -OCH3 is 1. The molecule has 0 aromatic heterocycles. The number of nitrogens with one attached hydrogen (secondary N) is 1. The molecule has 1 atom stereocenters. The Morgan fingerprint density at radius 2 is 2.29 bits per heavy atom. The molecule has 1 amide bonds. The van der Waals surface area contributed by atoms with Gasteiger partial charge in [0, 0.05) is 5.56 Å². The van der Waals surface area contributed by atoms with Gasteiger partial charge >= 0.3 is 0 Å². The molecule has 4 nitrogen and oxygen atoms in total. The molecule has 90 valence electrons. The lowest BCUT2D eigenvalue weighted by atomic mass is 10.1. The van der Waals surface area contributed by atoms with E-state index < -0.39 is 6.04 Å². The van der Waals surface area contributed by atoms with E-state index >= 15 is 0 Å². The summed E-state index contributed by atoms with van der Waals surface area (Å²) in [6.07, 6.45) is 0.589. The lowest BCUT2D eigenvalue weighted by molar-refractivity contribution is 0.0944. The molecule has 1 rings (SSSR count). The number of nitrogens with zero attached hydrogens (tertiary/aromatic N) is 1. The van der Waals surface area contributed by atoms with E-state index in [1.165, 1.54) is 0 Å². The highest BCUT2D eigenvalue weighted by Gasteiger charge is 2.12. The first-order valence-corrected chi connectivity index (χ1v) is 5.47. The fourth-order valence-corrected chi connectivity index (χ4v) is 1.43. The maximum Gasteiger partial charge on any atom is 0.252 e. The van der Waals surface area contributed by atoms with Gasteiger partial charge < -0.3 is 10.1 Å². The largest absolute Gasteiger partial charge is 0.496 e. The van der Waals surface area contributed by atoms with Gasteiger partial charge in [-0.3, -0.25) is 4.79 Å². The number of benzene rings is 1. The number of aryl methyl sites for hydroxylation is 1. The maximum absolute atomic E-state index is 11.8. The van der Waals surface area contributed by atoms with E-state index in [1.54, 1.807) is 19.2 Å². The van der Waals surface area contributed by atoms with Crippen molar-refractivity contribution < 1.29 is 9.53 Å². The van der Waals surface area contributed by atoms with Crippen LogP contribution in [0.4, 0.5) is 0 Å². The minimum Gasteiger partial charge on any atom is -0.496 e. The summed E-state index contributed by atoms with van der Waals surface area (Å²) in [6.45, 7) is 3.76. The van der Waals surface area contributed by atoms with Gasteiger partial charge in [-0.1, -0.05) is 13.0 Å². The lowest BCUT2D eigenvalue weighted by Crippen LogP contribution is -2.33. The van der Waals surface area contributed by atoms with Crippen LogP contribution in [-0.2, 0) is 0 Å². The van der Waals surface area contributed by atoms with E-state index in [-0.39, 0.29) is 5.91 Å². The van der Waals surface area contributed by atoms with Gasteiger partial charge in [0.1, 0.15) is 11.8 Å². The van der Waals surface area contributed by atoms with Gasteiger partial charge in [-0.05, 0) is 31.0 Å². The summed E-state index contributed by atoms with van der Waals surface area (Å²) in [5, 5.41) is 11.4. The molecule has 4 heteroatoms. The Kier molecular flexibility index (Phi) is 4.53. The van der Waals surface area contributed by atoms with Crippen LogP contribution in [0.15, 0.2) is 18.2 Å². The number of carbonyl (C=O) groups excluding carboxylic acids is 1. The predicted octanol–water partition coefficient (Wildman–Crippen LogP) is 2.04. The molecule has 0 heterocycles. The zero-order valence-corrected chi connectivity index (χ0v) is 10.3. The minimum atomic E-state index is -0.449. The van der Waals surface area contributed by atoms with Crippen LogP contribution in [0.25, 0.3) is 0 Å². The standard InChI is InChI=1S/C13H16N2O2/c1-4-11(8-14)15-13(16)10-6-5-9(2)12(7-10)17-3/h5-7,11H,4H2,1-3H3,(H,15,16). The monoisotopic (exact) mass is 232 g/mol. The number of ether oxygens (including phenoxy) is 1. The van der Waals surface area contributed by atoms with Crippen molar-refractivity contribution in [2.75, 3.05) is 7.11 Å². The lowest BCUT2D eigenvalue weighted by Gasteiger charge is -2.11. The number of rotatable bonds is 4. The summed E-state index contributed by atoms with van der Waals surface area (Å²) in [7, 11) is 1.56. The molecule has 0 radical (unpaired) electrons. The van der Waals surface area contributed by atoms with Crippen LogP contribution in [0, 0.1) is 18.3 Å². The van der Waals surface area contributed by atoms with Crippen molar-refractivity contribution in [3.8, 4) is 11.8 Å². The van der Waals surface area contributed by atoms with Crippen molar-refractivity contribution in [1.82, 2.24) is 5.32 Å². The normalized spacial score (nSPS) is 11.4. The fraction of sp³-hybridized carbons (Fsp3) is 0.385. The second-order valence-electron chi connectivity index (χ2n) is 3.75. The molecule has 1 unspecified atom stereocenters. The van der Waals surface area contributed by atoms with E-state index in [0.717, 1.165) is 5.56 Å². The molecule has 1 aromatic carbocycles. The molecule has 0 fully saturated rings. The molecule has 0 bridgehead atoms. The third-order valence-electron chi connectivity index (χ3n) is 2.54. The summed E-state index contributed by atoms with van der Waals surface area (Å²) < 4.78 is 5.15. The van der Waals surface area contributed by atoms with Gasteiger partial charge in [-0.25, -0.2) is 0 Å². The maximum atomic E-state index is 11.8. The first-order chi connectivity index (χ1) is 8.12. The second-order valence-corrected chi connectivity index (χ2v) is 3.75. The third-order valence-corrected chi connectivity index (χ3v) is 2.54. The number of carbonyl (C=O) groups is 1. The van der Waals surface area contributed by atoms with Crippen molar-refractivity contribution in [3.05, 3.63) is 29.3 Å². The molecule has 1 N–H and O–H groups in total. The van der Waals surface area contributed by atoms with Gasteiger partial charge in [0.2, 0.25) is 0 Å². The number of hydrogen-bond donors (Lipinski definition) is 1. The highest BCUT2D eigenvalue weighted by atomic mass is 16.5. The van der Waals surface area contributed by atoms with Crippen molar-refractivity contribution in [3.63, 3.8) is 0 Å². The quantitative estimate of drug-likeness (QED) is 0.864. The number of hydrogen-bond acceptors (Lipinski definition) is 3. The highest BCUT2D eigenvalue weighted by Crippen LogP contribution is 2.18.